The van der Waals surface area contributed by atoms with Gasteiger partial charge in [0.25, 0.3) is 11.1 Å². The highest BCUT2D eigenvalue weighted by Gasteiger charge is 2.32. The van der Waals surface area contributed by atoms with Crippen molar-refractivity contribution < 1.29 is 14.6 Å². The number of nitrogens with zero attached hydrogens (tertiary/aromatic N) is 8. The molecule has 10 rings (SSSR count). The Morgan fingerprint density at radius 2 is 1.17 bits per heavy atom. The van der Waals surface area contributed by atoms with Crippen molar-refractivity contribution >= 4 is 62.0 Å². The zero-order valence-corrected chi connectivity index (χ0v) is 37.1. The van der Waals surface area contributed by atoms with Crippen LogP contribution in [0.25, 0.3) is 44.1 Å². The molecule has 2 fully saturated rings. The normalized spacial score (nSPS) is 18.5. The lowest BCUT2D eigenvalue weighted by molar-refractivity contribution is -0.147. The Kier molecular flexibility index (Phi) is 11.6. The third kappa shape index (κ3) is 8.04. The van der Waals surface area contributed by atoms with Gasteiger partial charge in [-0.3, -0.25) is 32.7 Å². The summed E-state index contributed by atoms with van der Waals surface area (Å²) >= 11 is 0. The van der Waals surface area contributed by atoms with Gasteiger partial charge >= 0.3 is 17.3 Å². The highest BCUT2D eigenvalue weighted by atomic mass is 16.5. The lowest BCUT2D eigenvalue weighted by Gasteiger charge is -2.13. The van der Waals surface area contributed by atoms with Gasteiger partial charge in [0.05, 0.1) is 25.6 Å². The smallest absolute Gasteiger partial charge is 0.332 e. The number of rotatable bonds is 11. The number of esters is 1. The van der Waals surface area contributed by atoms with Gasteiger partial charge in [0, 0.05) is 69.3 Å². The average molecular weight is 887 g/mol. The predicted molar refractivity (Wildman–Crippen MR) is 248 cm³/mol. The summed E-state index contributed by atoms with van der Waals surface area (Å²) in [4.78, 5) is 80.5. The summed E-state index contributed by atoms with van der Waals surface area (Å²) in [5.41, 5.74) is 3.33. The molecule has 0 radical (unpaired) electrons. The van der Waals surface area contributed by atoms with Crippen molar-refractivity contribution in [2.75, 3.05) is 23.8 Å². The molecule has 6 heterocycles. The Hall–Kier alpha value is -7.15. The van der Waals surface area contributed by atoms with Gasteiger partial charge in [0.15, 0.2) is 22.3 Å². The maximum atomic E-state index is 13.4. The van der Waals surface area contributed by atoms with Crippen LogP contribution in [0.2, 0.25) is 0 Å². The standard InChI is InChI=1S/C24H28N6O4.C22H26N6O3/c1-4-34-22(32)15-9-10-16(12-15)26-23-27-20-19(28(23)2)21(31)30(24(33)29(20)3)13-17-11-14-7-5-6-8-18(14)25-17;1-26-18-19(25-21(26)24-15-8-7-13(9-15)12-29)27(2)22(31)28(20(18)30)11-16-10-14-5-3-4-6-17(14)23-16/h5-8,11,15-16,25H,4,9-10,12-13H2,1-3H3,(H,26,27);3-6,10,13,15,23,29H,7-9,11-12H2,1-2H3,(H,24,25)/t15-,16+;13-,15+/m00/s1. The van der Waals surface area contributed by atoms with Crippen molar-refractivity contribution in [3.8, 4) is 0 Å². The maximum Gasteiger partial charge on any atom is 0.332 e. The first kappa shape index (κ1) is 43.1. The molecule has 2 aliphatic rings. The minimum absolute atomic E-state index is 0.0375. The van der Waals surface area contributed by atoms with E-state index in [1.807, 2.05) is 60.7 Å². The molecule has 2 aromatic carbocycles. The fraction of sp³-hybridized carbons (Fsp3) is 0.413. The first-order chi connectivity index (χ1) is 31.3. The van der Waals surface area contributed by atoms with Gasteiger partial charge in [0.1, 0.15) is 0 Å². The molecule has 6 aromatic heterocycles. The van der Waals surface area contributed by atoms with Crippen LogP contribution in [0.1, 0.15) is 56.8 Å². The molecular formula is C46H54N12O7. The Balaban J connectivity index is 0.000000165. The number of anilines is 2. The molecule has 0 unspecified atom stereocenters. The molecule has 65 heavy (non-hydrogen) atoms. The van der Waals surface area contributed by atoms with E-state index in [0.29, 0.717) is 53.2 Å². The monoisotopic (exact) mass is 886 g/mol. The number of aryl methyl sites for hydroxylation is 4. The summed E-state index contributed by atoms with van der Waals surface area (Å²) in [6.07, 6.45) is 4.97. The molecule has 8 aromatic rings. The van der Waals surface area contributed by atoms with E-state index in [2.05, 4.69) is 30.6 Å². The molecule has 19 heteroatoms. The third-order valence-corrected chi connectivity index (χ3v) is 13.1. The highest BCUT2D eigenvalue weighted by Crippen LogP contribution is 2.30. The maximum absolute atomic E-state index is 13.4. The van der Waals surface area contributed by atoms with Crippen molar-refractivity contribution in [2.45, 2.75) is 70.6 Å². The lowest BCUT2D eigenvalue weighted by atomic mass is 10.1. The van der Waals surface area contributed by atoms with E-state index >= 15 is 0 Å². The van der Waals surface area contributed by atoms with E-state index in [9.17, 15) is 29.1 Å². The minimum Gasteiger partial charge on any atom is -0.466 e. The number of aromatic amines is 2. The van der Waals surface area contributed by atoms with Gasteiger partial charge in [-0.05, 0) is 86.4 Å². The molecule has 19 nitrogen and oxygen atoms in total. The van der Waals surface area contributed by atoms with Crippen LogP contribution in [0, 0.1) is 11.8 Å². The first-order valence-electron chi connectivity index (χ1n) is 22.1. The van der Waals surface area contributed by atoms with E-state index in [1.54, 1.807) is 44.2 Å². The highest BCUT2D eigenvalue weighted by molar-refractivity contribution is 5.81. The van der Waals surface area contributed by atoms with Crippen LogP contribution in [0.3, 0.4) is 0 Å². The largest absolute Gasteiger partial charge is 0.466 e. The van der Waals surface area contributed by atoms with Gasteiger partial charge in [-0.1, -0.05) is 36.4 Å². The third-order valence-electron chi connectivity index (χ3n) is 13.1. The molecular weight excluding hydrogens is 833 g/mol. The number of benzene rings is 2. The van der Waals surface area contributed by atoms with Gasteiger partial charge in [-0.2, -0.15) is 9.97 Å². The van der Waals surface area contributed by atoms with Gasteiger partial charge in [-0.25, -0.2) is 9.59 Å². The number of carbonyl (C=O) groups is 1. The molecule has 4 atom stereocenters. The second-order valence-electron chi connectivity index (χ2n) is 17.4. The van der Waals surface area contributed by atoms with E-state index in [4.69, 9.17) is 4.74 Å². The summed E-state index contributed by atoms with van der Waals surface area (Å²) in [6.45, 7) is 2.65. The van der Waals surface area contributed by atoms with Crippen LogP contribution in [-0.2, 0) is 50.8 Å². The van der Waals surface area contributed by atoms with Crippen molar-refractivity contribution in [1.82, 2.24) is 47.3 Å². The van der Waals surface area contributed by atoms with E-state index in [-0.39, 0.29) is 49.2 Å². The number of hydrogen-bond donors (Lipinski definition) is 5. The second-order valence-corrected chi connectivity index (χ2v) is 17.4. The van der Waals surface area contributed by atoms with E-state index in [1.165, 1.54) is 18.3 Å². The molecule has 0 aliphatic heterocycles. The van der Waals surface area contributed by atoms with Crippen LogP contribution >= 0.6 is 0 Å². The van der Waals surface area contributed by atoms with Gasteiger partial charge in [-0.15, -0.1) is 0 Å². The number of carbonyl (C=O) groups excluding carboxylic acids is 1. The van der Waals surface area contributed by atoms with Crippen molar-refractivity contribution in [3.05, 3.63) is 114 Å². The number of aromatic nitrogens is 10. The lowest BCUT2D eigenvalue weighted by Crippen LogP contribution is -2.39. The van der Waals surface area contributed by atoms with Crippen LogP contribution in [0.5, 0.6) is 0 Å². The van der Waals surface area contributed by atoms with Crippen LogP contribution in [0.4, 0.5) is 11.9 Å². The topological polar surface area (TPSA) is 226 Å². The number of para-hydroxylation sites is 2. The van der Waals surface area contributed by atoms with Crippen LogP contribution in [0.15, 0.2) is 79.8 Å². The number of H-pyrrole nitrogens is 2. The first-order valence-corrected chi connectivity index (χ1v) is 22.1. The average Bonchev–Trinajstić information content (AvgIpc) is 4.17. The Labute approximate surface area is 371 Å². The number of imidazole rings is 2. The van der Waals surface area contributed by atoms with Crippen LogP contribution < -0.4 is 33.1 Å². The SMILES string of the molecule is CCOC(=O)[C@H]1CC[C@@H](Nc2nc3c(c(=O)n(Cc4cc5ccccc5[nH]4)c(=O)n3C)n2C)C1.Cn1c(N[C@@H]2CC[C@H](CO)C2)nc2c1c(=O)n(Cc1cc3ccccc3[nH]1)c(=O)n2C. The molecule has 2 aliphatic carbocycles. The van der Waals surface area contributed by atoms with Crippen molar-refractivity contribution in [3.63, 3.8) is 0 Å². The van der Waals surface area contributed by atoms with Crippen molar-refractivity contribution in [2.24, 2.45) is 40.0 Å². The fourth-order valence-corrected chi connectivity index (χ4v) is 9.53. The molecule has 0 saturated heterocycles. The second kappa shape index (κ2) is 17.4. The number of hydrogen-bond acceptors (Lipinski definition) is 11. The number of aliphatic hydroxyl groups excluding tert-OH is 1. The number of aliphatic hydroxyl groups is 1. The quantitative estimate of drug-likeness (QED) is 0.118. The van der Waals surface area contributed by atoms with Crippen LogP contribution in [-0.4, -0.2) is 83.7 Å². The number of nitrogens with one attached hydrogen (secondary N) is 4. The summed E-state index contributed by atoms with van der Waals surface area (Å²) in [5.74, 6) is 1.06. The summed E-state index contributed by atoms with van der Waals surface area (Å²) in [7, 11) is 6.80. The van der Waals surface area contributed by atoms with E-state index in [0.717, 1.165) is 65.3 Å². The molecule has 0 bridgehead atoms. The van der Waals surface area contributed by atoms with Gasteiger partial charge in [0.2, 0.25) is 11.9 Å². The Morgan fingerprint density at radius 3 is 1.63 bits per heavy atom. The molecule has 0 amide bonds. The molecule has 5 N–H and O–H groups in total. The predicted octanol–water partition coefficient (Wildman–Crippen LogP) is 3.64. The molecule has 0 spiro atoms. The van der Waals surface area contributed by atoms with Crippen molar-refractivity contribution in [1.29, 1.82) is 0 Å². The Bertz CT molecular complexity index is 3280. The summed E-state index contributed by atoms with van der Waals surface area (Å²) in [5, 5.41) is 18.2. The minimum atomic E-state index is -0.427. The number of ether oxygens (including phenoxy) is 1. The van der Waals surface area contributed by atoms with Gasteiger partial charge < -0.3 is 39.6 Å². The molecule has 2 saturated carbocycles. The zero-order chi connectivity index (χ0) is 45.7. The summed E-state index contributed by atoms with van der Waals surface area (Å²) < 4.78 is 13.9. The Morgan fingerprint density at radius 1 is 0.692 bits per heavy atom. The van der Waals surface area contributed by atoms with E-state index < -0.39 is 16.9 Å². The summed E-state index contributed by atoms with van der Waals surface area (Å²) in [6, 6.07) is 19.8. The fourth-order valence-electron chi connectivity index (χ4n) is 9.53. The molecule has 340 valence electrons. The number of fused-ring (bicyclic) bond motifs is 4. The zero-order valence-electron chi connectivity index (χ0n) is 37.1.